The van der Waals surface area contributed by atoms with Crippen LogP contribution in [0.2, 0.25) is 0 Å². The third-order valence-corrected chi connectivity index (χ3v) is 4.65. The Labute approximate surface area is 171 Å². The van der Waals surface area contributed by atoms with E-state index in [1.165, 1.54) is 12.1 Å². The van der Waals surface area contributed by atoms with E-state index < -0.39 is 11.7 Å². The van der Waals surface area contributed by atoms with E-state index in [1.807, 2.05) is 4.90 Å². The van der Waals surface area contributed by atoms with E-state index in [0.29, 0.717) is 30.4 Å². The molecule has 1 aliphatic heterocycles. The molecule has 7 nitrogen and oxygen atoms in total. The summed E-state index contributed by atoms with van der Waals surface area (Å²) < 4.78 is 32.8. The van der Waals surface area contributed by atoms with Crippen molar-refractivity contribution in [2.75, 3.05) is 23.3 Å². The lowest BCUT2D eigenvalue weighted by atomic mass is 10.1. The van der Waals surface area contributed by atoms with Crippen molar-refractivity contribution in [3.8, 4) is 5.75 Å². The van der Waals surface area contributed by atoms with Crippen molar-refractivity contribution < 1.29 is 18.3 Å². The van der Waals surface area contributed by atoms with Crippen LogP contribution in [0, 0.1) is 11.6 Å². The summed E-state index contributed by atoms with van der Waals surface area (Å²) in [6.07, 6.45) is 1.02. The average molecular weight is 411 g/mol. The summed E-state index contributed by atoms with van der Waals surface area (Å²) in [4.78, 5) is 21.4. The van der Waals surface area contributed by atoms with Gasteiger partial charge in [-0.25, -0.2) is 13.8 Å². The summed E-state index contributed by atoms with van der Waals surface area (Å²) in [6.45, 7) is 1.33. The molecular weight excluding hydrogens is 392 g/mol. The molecule has 3 N–H and O–H groups in total. The van der Waals surface area contributed by atoms with Crippen LogP contribution >= 0.6 is 0 Å². The molecule has 1 amide bonds. The van der Waals surface area contributed by atoms with Crippen molar-refractivity contribution in [2.24, 2.45) is 5.73 Å². The smallest absolute Gasteiger partial charge is 0.248 e. The van der Waals surface area contributed by atoms with E-state index in [-0.39, 0.29) is 24.3 Å². The maximum Gasteiger partial charge on any atom is 0.248 e. The zero-order valence-corrected chi connectivity index (χ0v) is 15.9. The van der Waals surface area contributed by atoms with Gasteiger partial charge < -0.3 is 20.7 Å². The summed E-state index contributed by atoms with van der Waals surface area (Å²) in [5.74, 6) is -0.400. The SMILES string of the molecule is NC(=O)c1cccc(CNc2nc(N3CC(Oc4ccc(F)cc4)C3)ncc2F)c1. The molecule has 2 heterocycles. The number of hydrogen-bond donors (Lipinski definition) is 2. The number of carbonyl (C=O) groups is 1. The monoisotopic (exact) mass is 411 g/mol. The minimum absolute atomic E-state index is 0.0624. The average Bonchev–Trinajstić information content (AvgIpc) is 2.71. The van der Waals surface area contributed by atoms with Gasteiger partial charge in [-0.15, -0.1) is 0 Å². The van der Waals surface area contributed by atoms with Crippen molar-refractivity contribution in [3.63, 3.8) is 0 Å². The number of benzene rings is 2. The van der Waals surface area contributed by atoms with Crippen LogP contribution in [0.5, 0.6) is 5.75 Å². The summed E-state index contributed by atoms with van der Waals surface area (Å²) in [5.41, 5.74) is 6.43. The first-order valence-corrected chi connectivity index (χ1v) is 9.30. The maximum absolute atomic E-state index is 14.1. The van der Waals surface area contributed by atoms with Crippen LogP contribution in [0.3, 0.4) is 0 Å². The molecule has 3 aromatic rings. The van der Waals surface area contributed by atoms with E-state index in [9.17, 15) is 13.6 Å². The van der Waals surface area contributed by atoms with Gasteiger partial charge in [0.25, 0.3) is 0 Å². The van der Waals surface area contributed by atoms with Crippen LogP contribution in [0.15, 0.2) is 54.7 Å². The number of primary amides is 1. The molecule has 0 bridgehead atoms. The number of halogens is 2. The van der Waals surface area contributed by atoms with Gasteiger partial charge >= 0.3 is 0 Å². The van der Waals surface area contributed by atoms with Crippen LogP contribution in [-0.4, -0.2) is 35.1 Å². The molecule has 0 spiro atoms. The normalized spacial score (nSPS) is 13.6. The Kier molecular flexibility index (Phi) is 5.42. The summed E-state index contributed by atoms with van der Waals surface area (Å²) in [7, 11) is 0. The van der Waals surface area contributed by atoms with Gasteiger partial charge in [-0.2, -0.15) is 4.98 Å². The Balaban J connectivity index is 1.36. The molecule has 1 aromatic heterocycles. The molecule has 1 saturated heterocycles. The molecule has 9 heteroatoms. The number of hydrogen-bond acceptors (Lipinski definition) is 6. The lowest BCUT2D eigenvalue weighted by Gasteiger charge is -2.39. The van der Waals surface area contributed by atoms with E-state index >= 15 is 0 Å². The zero-order chi connectivity index (χ0) is 21.1. The number of amides is 1. The van der Waals surface area contributed by atoms with Crippen LogP contribution in [-0.2, 0) is 6.54 Å². The summed E-state index contributed by atoms with van der Waals surface area (Å²) >= 11 is 0. The fourth-order valence-corrected chi connectivity index (χ4v) is 3.04. The Morgan fingerprint density at radius 2 is 1.97 bits per heavy atom. The quantitative estimate of drug-likeness (QED) is 0.621. The van der Waals surface area contributed by atoms with Crippen molar-refractivity contribution in [3.05, 3.63) is 77.5 Å². The fourth-order valence-electron chi connectivity index (χ4n) is 3.04. The highest BCUT2D eigenvalue weighted by atomic mass is 19.1. The standard InChI is InChI=1S/C21H19F2N5O2/c22-15-4-6-16(7-5-15)30-17-11-28(12-17)21-26-10-18(23)20(27-21)25-9-13-2-1-3-14(8-13)19(24)29/h1-8,10,17H,9,11-12H2,(H2,24,29)(H,25,26,27). The summed E-state index contributed by atoms with van der Waals surface area (Å²) in [5, 5.41) is 2.92. The number of aromatic nitrogens is 2. The Morgan fingerprint density at radius 3 is 2.70 bits per heavy atom. The number of carbonyl (C=O) groups excluding carboxylic acids is 1. The van der Waals surface area contributed by atoms with Crippen molar-refractivity contribution in [1.82, 2.24) is 9.97 Å². The Hall–Kier alpha value is -3.75. The number of nitrogens with one attached hydrogen (secondary N) is 1. The molecule has 1 fully saturated rings. The molecule has 0 aliphatic carbocycles. The van der Waals surface area contributed by atoms with Gasteiger partial charge in [-0.3, -0.25) is 4.79 Å². The predicted octanol–water partition coefficient (Wildman–Crippen LogP) is 2.73. The number of anilines is 2. The molecule has 154 valence electrons. The molecule has 30 heavy (non-hydrogen) atoms. The van der Waals surface area contributed by atoms with Crippen LogP contribution < -0.4 is 20.7 Å². The molecule has 1 aliphatic rings. The van der Waals surface area contributed by atoms with Gasteiger partial charge in [-0.1, -0.05) is 12.1 Å². The van der Waals surface area contributed by atoms with Gasteiger partial charge in [0.05, 0.1) is 19.3 Å². The van der Waals surface area contributed by atoms with Crippen molar-refractivity contribution in [1.29, 1.82) is 0 Å². The topological polar surface area (TPSA) is 93.4 Å². The second kappa shape index (κ2) is 8.32. The van der Waals surface area contributed by atoms with E-state index in [2.05, 4.69) is 15.3 Å². The van der Waals surface area contributed by atoms with Gasteiger partial charge in [0.1, 0.15) is 17.7 Å². The third-order valence-electron chi connectivity index (χ3n) is 4.65. The molecular formula is C21H19F2N5O2. The second-order valence-electron chi connectivity index (χ2n) is 6.88. The number of nitrogens with zero attached hydrogens (tertiary/aromatic N) is 3. The highest BCUT2D eigenvalue weighted by molar-refractivity contribution is 5.92. The molecule has 4 rings (SSSR count). The lowest BCUT2D eigenvalue weighted by Crippen LogP contribution is -2.54. The number of nitrogens with two attached hydrogens (primary N) is 1. The van der Waals surface area contributed by atoms with Crippen molar-refractivity contribution in [2.45, 2.75) is 12.6 Å². The second-order valence-corrected chi connectivity index (χ2v) is 6.88. The predicted molar refractivity (Wildman–Crippen MR) is 107 cm³/mol. The highest BCUT2D eigenvalue weighted by Gasteiger charge is 2.31. The molecule has 0 unspecified atom stereocenters. The molecule has 0 atom stereocenters. The first kappa shape index (κ1) is 19.6. The minimum Gasteiger partial charge on any atom is -0.487 e. The van der Waals surface area contributed by atoms with Gasteiger partial charge in [-0.05, 0) is 42.0 Å². The maximum atomic E-state index is 14.1. The molecule has 0 saturated carbocycles. The Morgan fingerprint density at radius 1 is 1.20 bits per heavy atom. The zero-order valence-electron chi connectivity index (χ0n) is 15.9. The number of rotatable bonds is 7. The van der Waals surface area contributed by atoms with Crippen LogP contribution in [0.1, 0.15) is 15.9 Å². The third kappa shape index (κ3) is 4.45. The lowest BCUT2D eigenvalue weighted by molar-refractivity contribution is 0.1000. The highest BCUT2D eigenvalue weighted by Crippen LogP contribution is 2.23. The Bertz CT molecular complexity index is 1060. The van der Waals surface area contributed by atoms with E-state index in [1.54, 1.807) is 36.4 Å². The van der Waals surface area contributed by atoms with E-state index in [0.717, 1.165) is 11.8 Å². The summed E-state index contributed by atoms with van der Waals surface area (Å²) in [6, 6.07) is 12.6. The first-order chi connectivity index (χ1) is 14.5. The van der Waals surface area contributed by atoms with Gasteiger partial charge in [0.15, 0.2) is 11.6 Å². The largest absolute Gasteiger partial charge is 0.487 e. The van der Waals surface area contributed by atoms with Crippen LogP contribution in [0.4, 0.5) is 20.5 Å². The minimum atomic E-state index is -0.579. The first-order valence-electron chi connectivity index (χ1n) is 9.30. The number of ether oxygens (including phenoxy) is 1. The molecule has 2 aromatic carbocycles. The van der Waals surface area contributed by atoms with Crippen LogP contribution in [0.25, 0.3) is 0 Å². The van der Waals surface area contributed by atoms with Crippen molar-refractivity contribution >= 4 is 17.7 Å². The fraction of sp³-hybridized carbons (Fsp3) is 0.190. The van der Waals surface area contributed by atoms with E-state index in [4.69, 9.17) is 10.5 Å². The van der Waals surface area contributed by atoms with Gasteiger partial charge in [0.2, 0.25) is 11.9 Å². The van der Waals surface area contributed by atoms with Gasteiger partial charge in [0, 0.05) is 12.1 Å². The molecule has 0 radical (unpaired) electrons.